The lowest BCUT2D eigenvalue weighted by atomic mass is 10.0. The lowest BCUT2D eigenvalue weighted by Crippen LogP contribution is -2.41. The normalized spacial score (nSPS) is 20.1. The molecule has 6 nitrogen and oxygen atoms in total. The maximum Gasteiger partial charge on any atom is 0.242 e. The predicted molar refractivity (Wildman–Crippen MR) is 103 cm³/mol. The molecule has 2 aliphatic heterocycles. The molecule has 7 heteroatoms. The average molecular weight is 383 g/mol. The van der Waals surface area contributed by atoms with Gasteiger partial charge in [-0.05, 0) is 55.5 Å². The second-order valence-corrected chi connectivity index (χ2v) is 7.66. The van der Waals surface area contributed by atoms with Crippen molar-refractivity contribution in [3.8, 4) is 17.6 Å². The Balaban J connectivity index is 1.50. The van der Waals surface area contributed by atoms with Gasteiger partial charge in [0.25, 0.3) is 0 Å². The Kier molecular flexibility index (Phi) is 5.01. The number of ether oxygens (including phenoxy) is 2. The Bertz CT molecular complexity index is 889. The monoisotopic (exact) mass is 383 g/mol. The van der Waals surface area contributed by atoms with Crippen molar-refractivity contribution in [2.24, 2.45) is 0 Å². The number of hydrogen-bond donors (Lipinski definition) is 1. The van der Waals surface area contributed by atoms with Crippen molar-refractivity contribution in [2.45, 2.75) is 31.8 Å². The molecular weight excluding hydrogens is 362 g/mol. The van der Waals surface area contributed by atoms with E-state index in [0.717, 1.165) is 36.4 Å². The number of hydrogen-bond acceptors (Lipinski definition) is 6. The van der Waals surface area contributed by atoms with E-state index in [0.29, 0.717) is 23.8 Å². The Morgan fingerprint density at radius 1 is 1.33 bits per heavy atom. The molecule has 0 spiro atoms. The molecule has 0 radical (unpaired) electrons. The van der Waals surface area contributed by atoms with Crippen LogP contribution in [0.25, 0.3) is 0 Å². The van der Waals surface area contributed by atoms with E-state index < -0.39 is 0 Å². The van der Waals surface area contributed by atoms with Gasteiger partial charge in [0.05, 0.1) is 11.6 Å². The maximum absolute atomic E-state index is 12.8. The molecule has 140 valence electrons. The minimum Gasteiger partial charge on any atom is -0.486 e. The molecule has 0 unspecified atom stereocenters. The summed E-state index contributed by atoms with van der Waals surface area (Å²) in [6, 6.07) is 9.76. The number of thiophene rings is 1. The number of likely N-dealkylation sites (tertiary alicyclic amines) is 1. The van der Waals surface area contributed by atoms with Gasteiger partial charge in [0.1, 0.15) is 24.3 Å². The number of nitriles is 1. The third-order valence-corrected chi connectivity index (χ3v) is 5.97. The fraction of sp³-hybridized carbons (Fsp3) is 0.400. The Morgan fingerprint density at radius 2 is 2.15 bits per heavy atom. The summed E-state index contributed by atoms with van der Waals surface area (Å²) >= 11 is 1.37. The van der Waals surface area contributed by atoms with Gasteiger partial charge in [0.15, 0.2) is 11.5 Å². The minimum atomic E-state index is -0.292. The van der Waals surface area contributed by atoms with Crippen LogP contribution in [0.5, 0.6) is 11.5 Å². The largest absolute Gasteiger partial charge is 0.486 e. The van der Waals surface area contributed by atoms with E-state index in [1.807, 2.05) is 24.4 Å². The number of carbonyl (C=O) groups excluding carboxylic acids is 1. The molecule has 2 aliphatic rings. The number of carbonyl (C=O) groups is 1. The van der Waals surface area contributed by atoms with Crippen LogP contribution in [0.1, 0.15) is 36.9 Å². The molecule has 1 aromatic carbocycles. The quantitative estimate of drug-likeness (QED) is 0.874. The predicted octanol–water partition coefficient (Wildman–Crippen LogP) is 3.56. The summed E-state index contributed by atoms with van der Waals surface area (Å²) < 4.78 is 11.3. The van der Waals surface area contributed by atoms with Crippen LogP contribution in [0.3, 0.4) is 0 Å². The first-order valence-corrected chi connectivity index (χ1v) is 9.99. The molecule has 1 N–H and O–H groups in total. The van der Waals surface area contributed by atoms with Gasteiger partial charge in [-0.1, -0.05) is 6.07 Å². The Hall–Kier alpha value is -2.56. The van der Waals surface area contributed by atoms with E-state index in [4.69, 9.17) is 14.7 Å². The molecule has 27 heavy (non-hydrogen) atoms. The van der Waals surface area contributed by atoms with Crippen LogP contribution in [-0.4, -0.2) is 36.6 Å². The number of rotatable bonds is 4. The molecule has 3 heterocycles. The van der Waals surface area contributed by atoms with Gasteiger partial charge in [-0.15, -0.1) is 11.3 Å². The Morgan fingerprint density at radius 3 is 2.96 bits per heavy atom. The molecule has 1 saturated heterocycles. The van der Waals surface area contributed by atoms with Crippen molar-refractivity contribution in [1.82, 2.24) is 4.90 Å². The molecular formula is C20H21N3O3S. The highest BCUT2D eigenvalue weighted by Crippen LogP contribution is 2.39. The molecule has 0 bridgehead atoms. The summed E-state index contributed by atoms with van der Waals surface area (Å²) in [7, 11) is 0. The van der Waals surface area contributed by atoms with Crippen molar-refractivity contribution in [1.29, 1.82) is 5.26 Å². The van der Waals surface area contributed by atoms with Gasteiger partial charge < -0.3 is 14.8 Å². The zero-order valence-corrected chi connectivity index (χ0v) is 15.9. The summed E-state index contributed by atoms with van der Waals surface area (Å²) in [5.74, 6) is 1.47. The highest BCUT2D eigenvalue weighted by molar-refractivity contribution is 7.14. The molecule has 1 amide bonds. The van der Waals surface area contributed by atoms with Crippen molar-refractivity contribution in [3.05, 3.63) is 40.8 Å². The smallest absolute Gasteiger partial charge is 0.242 e. The van der Waals surface area contributed by atoms with Crippen LogP contribution < -0.4 is 14.8 Å². The molecule has 1 aromatic heterocycles. The zero-order chi connectivity index (χ0) is 18.8. The van der Waals surface area contributed by atoms with Crippen LogP contribution in [0.2, 0.25) is 0 Å². The SMILES string of the molecule is C[C@H](C(=O)Nc1sccc1C#N)N1CCC[C@@H]1c1ccc2c(c1)OCCO2. The lowest BCUT2D eigenvalue weighted by Gasteiger charge is -2.30. The van der Waals surface area contributed by atoms with Gasteiger partial charge >= 0.3 is 0 Å². The number of anilines is 1. The second-order valence-electron chi connectivity index (χ2n) is 6.74. The van der Waals surface area contributed by atoms with Crippen LogP contribution in [0.15, 0.2) is 29.6 Å². The van der Waals surface area contributed by atoms with Crippen LogP contribution in [0.4, 0.5) is 5.00 Å². The zero-order valence-electron chi connectivity index (χ0n) is 15.1. The van der Waals surface area contributed by atoms with Crippen molar-refractivity contribution >= 4 is 22.2 Å². The van der Waals surface area contributed by atoms with Gasteiger partial charge in [-0.2, -0.15) is 5.26 Å². The summed E-state index contributed by atoms with van der Waals surface area (Å²) in [5.41, 5.74) is 1.65. The van der Waals surface area contributed by atoms with E-state index >= 15 is 0 Å². The van der Waals surface area contributed by atoms with Crippen LogP contribution >= 0.6 is 11.3 Å². The minimum absolute atomic E-state index is 0.0848. The first-order chi connectivity index (χ1) is 13.2. The van der Waals surface area contributed by atoms with Gasteiger partial charge in [-0.25, -0.2) is 0 Å². The molecule has 0 aliphatic carbocycles. The first-order valence-electron chi connectivity index (χ1n) is 9.11. The average Bonchev–Trinajstić information content (AvgIpc) is 3.36. The summed E-state index contributed by atoms with van der Waals surface area (Å²) in [6.07, 6.45) is 2.04. The van der Waals surface area contributed by atoms with Gasteiger partial charge in [-0.3, -0.25) is 9.69 Å². The number of fused-ring (bicyclic) bond motifs is 1. The summed E-state index contributed by atoms with van der Waals surface area (Å²) in [6.45, 7) is 3.92. The van der Waals surface area contributed by atoms with E-state index in [9.17, 15) is 4.79 Å². The molecule has 2 atom stereocenters. The molecule has 0 saturated carbocycles. The topological polar surface area (TPSA) is 74.6 Å². The highest BCUT2D eigenvalue weighted by Gasteiger charge is 2.34. The fourth-order valence-electron chi connectivity index (χ4n) is 3.74. The standard InChI is InChI=1S/C20H21N3O3S/c1-13(19(24)22-20-15(12-21)6-10-27-20)23-7-2-3-16(23)14-4-5-17-18(11-14)26-9-8-25-17/h4-6,10-11,13,16H,2-3,7-9H2,1H3,(H,22,24)/t13-,16-/m1/s1. The first kappa shape index (κ1) is 17.8. The molecule has 1 fully saturated rings. The maximum atomic E-state index is 12.8. The number of nitrogens with one attached hydrogen (secondary N) is 1. The molecule has 4 rings (SSSR count). The number of nitrogens with zero attached hydrogens (tertiary/aromatic N) is 2. The summed E-state index contributed by atoms with van der Waals surface area (Å²) in [5, 5.41) is 14.5. The highest BCUT2D eigenvalue weighted by atomic mass is 32.1. The van der Waals surface area contributed by atoms with E-state index in [-0.39, 0.29) is 18.0 Å². The number of benzene rings is 1. The van der Waals surface area contributed by atoms with Gasteiger partial charge in [0, 0.05) is 6.04 Å². The van der Waals surface area contributed by atoms with E-state index in [1.54, 1.807) is 6.07 Å². The van der Waals surface area contributed by atoms with Crippen molar-refractivity contribution in [2.75, 3.05) is 25.1 Å². The van der Waals surface area contributed by atoms with E-state index in [2.05, 4.69) is 22.4 Å². The van der Waals surface area contributed by atoms with Crippen LogP contribution in [-0.2, 0) is 4.79 Å². The second kappa shape index (κ2) is 7.59. The van der Waals surface area contributed by atoms with Gasteiger partial charge in [0.2, 0.25) is 5.91 Å². The van der Waals surface area contributed by atoms with Crippen molar-refractivity contribution in [3.63, 3.8) is 0 Å². The Labute approximate surface area is 162 Å². The molecule has 2 aromatic rings. The van der Waals surface area contributed by atoms with Crippen LogP contribution in [0, 0.1) is 11.3 Å². The fourth-order valence-corrected chi connectivity index (χ4v) is 4.48. The summed E-state index contributed by atoms with van der Waals surface area (Å²) in [4.78, 5) is 15.0. The lowest BCUT2D eigenvalue weighted by molar-refractivity contribution is -0.121. The third kappa shape index (κ3) is 3.51. The third-order valence-electron chi connectivity index (χ3n) is 5.14. The number of amides is 1. The van der Waals surface area contributed by atoms with Crippen molar-refractivity contribution < 1.29 is 14.3 Å². The van der Waals surface area contributed by atoms with E-state index in [1.165, 1.54) is 11.3 Å².